The minimum absolute atomic E-state index is 0.0743. The highest BCUT2D eigenvalue weighted by Crippen LogP contribution is 2.17. The van der Waals surface area contributed by atoms with Gasteiger partial charge in [-0.2, -0.15) is 11.3 Å². The first-order valence-electron chi connectivity index (χ1n) is 5.08. The van der Waals surface area contributed by atoms with Gasteiger partial charge in [-0.15, -0.1) is 0 Å². The molecule has 0 amide bonds. The first-order chi connectivity index (χ1) is 8.08. The molecule has 0 saturated heterocycles. The van der Waals surface area contributed by atoms with Gasteiger partial charge in [-0.25, -0.2) is 8.78 Å². The lowest BCUT2D eigenvalue weighted by Gasteiger charge is -2.01. The van der Waals surface area contributed by atoms with Crippen LogP contribution in [0.15, 0.2) is 29.0 Å². The predicted octanol–water partition coefficient (Wildman–Crippen LogP) is 3.76. The zero-order valence-electron chi connectivity index (χ0n) is 9.17. The summed E-state index contributed by atoms with van der Waals surface area (Å²) in [4.78, 5) is 11.9. The number of thiophene rings is 1. The van der Waals surface area contributed by atoms with E-state index in [9.17, 15) is 13.6 Å². The second-order valence-corrected chi connectivity index (χ2v) is 4.56. The van der Waals surface area contributed by atoms with Gasteiger partial charge in [-0.3, -0.25) is 4.79 Å². The van der Waals surface area contributed by atoms with Gasteiger partial charge in [-0.1, -0.05) is 6.07 Å². The van der Waals surface area contributed by atoms with Gasteiger partial charge in [0.05, 0.1) is 0 Å². The van der Waals surface area contributed by atoms with Crippen LogP contribution in [0.2, 0.25) is 0 Å². The minimum atomic E-state index is -0.919. The number of hydrogen-bond acceptors (Lipinski definition) is 2. The third kappa shape index (κ3) is 2.58. The van der Waals surface area contributed by atoms with Crippen LogP contribution < -0.4 is 0 Å². The van der Waals surface area contributed by atoms with E-state index in [4.69, 9.17) is 0 Å². The number of ketones is 1. The average molecular weight is 252 g/mol. The summed E-state index contributed by atoms with van der Waals surface area (Å²) in [6.07, 6.45) is 0.0920. The van der Waals surface area contributed by atoms with Crippen molar-refractivity contribution in [1.29, 1.82) is 0 Å². The lowest BCUT2D eigenvalue weighted by molar-refractivity contribution is 0.0993. The van der Waals surface area contributed by atoms with Gasteiger partial charge in [0, 0.05) is 17.4 Å². The number of Topliss-reactive ketones (excluding diaryl/α,β-unsaturated/α-hetero) is 1. The molecule has 88 valence electrons. The van der Waals surface area contributed by atoms with Crippen molar-refractivity contribution in [3.8, 4) is 0 Å². The van der Waals surface area contributed by atoms with E-state index in [-0.39, 0.29) is 12.2 Å². The molecule has 0 aliphatic carbocycles. The van der Waals surface area contributed by atoms with Crippen LogP contribution in [0.25, 0.3) is 0 Å². The fourth-order valence-electron chi connectivity index (χ4n) is 1.58. The van der Waals surface area contributed by atoms with E-state index < -0.39 is 11.6 Å². The molecule has 0 fully saturated rings. The van der Waals surface area contributed by atoms with Crippen molar-refractivity contribution in [3.05, 3.63) is 57.3 Å². The van der Waals surface area contributed by atoms with Crippen LogP contribution in [0, 0.1) is 18.6 Å². The van der Waals surface area contributed by atoms with E-state index in [0.29, 0.717) is 11.1 Å². The number of rotatable bonds is 3. The Bertz CT molecular complexity index is 560. The zero-order valence-corrected chi connectivity index (χ0v) is 9.98. The number of halogens is 2. The summed E-state index contributed by atoms with van der Waals surface area (Å²) in [5.74, 6) is -1.89. The largest absolute Gasteiger partial charge is 0.294 e. The molecule has 4 heteroatoms. The molecule has 0 unspecified atom stereocenters. The molecule has 2 rings (SSSR count). The Labute approximate surface area is 102 Å². The monoisotopic (exact) mass is 252 g/mol. The molecule has 0 radical (unpaired) electrons. The molecule has 2 aromatic rings. The van der Waals surface area contributed by atoms with Gasteiger partial charge in [0.15, 0.2) is 17.4 Å². The number of benzene rings is 1. The molecule has 0 aliphatic rings. The van der Waals surface area contributed by atoms with Crippen molar-refractivity contribution in [1.82, 2.24) is 0 Å². The summed E-state index contributed by atoms with van der Waals surface area (Å²) >= 11 is 1.46. The Morgan fingerprint density at radius 3 is 2.59 bits per heavy atom. The molecule has 0 bridgehead atoms. The highest BCUT2D eigenvalue weighted by Gasteiger charge is 2.12. The van der Waals surface area contributed by atoms with Crippen LogP contribution in [0.4, 0.5) is 8.78 Å². The molecule has 1 heterocycles. The summed E-state index contributed by atoms with van der Waals surface area (Å²) in [5, 5.41) is 3.66. The maximum Gasteiger partial charge on any atom is 0.168 e. The van der Waals surface area contributed by atoms with E-state index >= 15 is 0 Å². The number of carbonyl (C=O) groups is 1. The summed E-state index contributed by atoms with van der Waals surface area (Å²) in [5.41, 5.74) is 2.06. The van der Waals surface area contributed by atoms with Crippen LogP contribution >= 0.6 is 11.3 Å². The van der Waals surface area contributed by atoms with Crippen molar-refractivity contribution >= 4 is 17.1 Å². The molecule has 0 aliphatic heterocycles. The maximum absolute atomic E-state index is 13.0. The molecule has 1 aromatic carbocycles. The van der Waals surface area contributed by atoms with Crippen LogP contribution in [0.3, 0.4) is 0 Å². The van der Waals surface area contributed by atoms with E-state index in [2.05, 4.69) is 0 Å². The fourth-order valence-corrected chi connectivity index (χ4v) is 2.43. The van der Waals surface area contributed by atoms with E-state index in [0.717, 1.165) is 17.7 Å². The van der Waals surface area contributed by atoms with E-state index in [1.807, 2.05) is 12.3 Å². The molecule has 1 aromatic heterocycles. The predicted molar refractivity (Wildman–Crippen MR) is 63.4 cm³/mol. The second kappa shape index (κ2) is 4.75. The molecular formula is C13H10F2OS. The van der Waals surface area contributed by atoms with Gasteiger partial charge < -0.3 is 0 Å². The molecule has 0 atom stereocenters. The molecule has 1 nitrogen and oxygen atoms in total. The van der Waals surface area contributed by atoms with Crippen LogP contribution in [0.5, 0.6) is 0 Å². The van der Waals surface area contributed by atoms with Crippen molar-refractivity contribution < 1.29 is 13.6 Å². The summed E-state index contributed by atoms with van der Waals surface area (Å²) in [6, 6.07) is 3.53. The number of hydrogen-bond donors (Lipinski definition) is 0. The Morgan fingerprint density at radius 1 is 1.24 bits per heavy atom. The summed E-state index contributed by atoms with van der Waals surface area (Å²) < 4.78 is 25.7. The molecule has 17 heavy (non-hydrogen) atoms. The number of aryl methyl sites for hydroxylation is 1. The van der Waals surface area contributed by atoms with E-state index in [1.54, 1.807) is 5.38 Å². The van der Waals surface area contributed by atoms with E-state index in [1.165, 1.54) is 17.4 Å². The van der Waals surface area contributed by atoms with Crippen molar-refractivity contribution in [2.75, 3.05) is 0 Å². The zero-order chi connectivity index (χ0) is 12.4. The quantitative estimate of drug-likeness (QED) is 0.760. The highest BCUT2D eigenvalue weighted by molar-refractivity contribution is 7.08. The fraction of sp³-hybridized carbons (Fsp3) is 0.154. The summed E-state index contributed by atoms with van der Waals surface area (Å²) in [7, 11) is 0. The minimum Gasteiger partial charge on any atom is -0.294 e. The first-order valence-corrected chi connectivity index (χ1v) is 6.02. The lowest BCUT2D eigenvalue weighted by atomic mass is 10.0. The smallest absolute Gasteiger partial charge is 0.168 e. The van der Waals surface area contributed by atoms with Gasteiger partial charge in [0.2, 0.25) is 0 Å². The van der Waals surface area contributed by atoms with Gasteiger partial charge in [0.25, 0.3) is 0 Å². The summed E-state index contributed by atoms with van der Waals surface area (Å²) in [6.45, 7) is 1.86. The topological polar surface area (TPSA) is 17.1 Å². The Hall–Kier alpha value is -1.55. The van der Waals surface area contributed by atoms with Crippen molar-refractivity contribution in [2.24, 2.45) is 0 Å². The third-order valence-electron chi connectivity index (χ3n) is 2.50. The lowest BCUT2D eigenvalue weighted by Crippen LogP contribution is -2.04. The van der Waals surface area contributed by atoms with Gasteiger partial charge in [-0.05, 0) is 35.6 Å². The standard InChI is InChI=1S/C13H10F2OS/c1-8-6-17-7-10(8)13(16)5-9-2-3-11(14)12(15)4-9/h2-4,6-7H,5H2,1H3. The first kappa shape index (κ1) is 11.9. The Morgan fingerprint density at radius 2 is 2.00 bits per heavy atom. The Kier molecular flexibility index (Phi) is 3.33. The molecular weight excluding hydrogens is 242 g/mol. The second-order valence-electron chi connectivity index (χ2n) is 3.82. The van der Waals surface area contributed by atoms with Crippen molar-refractivity contribution in [3.63, 3.8) is 0 Å². The SMILES string of the molecule is Cc1cscc1C(=O)Cc1ccc(F)c(F)c1. The van der Waals surface area contributed by atoms with Crippen LogP contribution in [-0.4, -0.2) is 5.78 Å². The maximum atomic E-state index is 13.0. The third-order valence-corrected chi connectivity index (χ3v) is 3.37. The van der Waals surface area contributed by atoms with Crippen molar-refractivity contribution in [2.45, 2.75) is 13.3 Å². The number of carbonyl (C=O) groups excluding carboxylic acids is 1. The normalized spacial score (nSPS) is 10.5. The van der Waals surface area contributed by atoms with Gasteiger partial charge in [0.1, 0.15) is 0 Å². The Balaban J connectivity index is 2.19. The van der Waals surface area contributed by atoms with Crippen LogP contribution in [0.1, 0.15) is 21.5 Å². The molecule has 0 saturated carbocycles. The average Bonchev–Trinajstić information content (AvgIpc) is 2.70. The van der Waals surface area contributed by atoms with Gasteiger partial charge >= 0.3 is 0 Å². The highest BCUT2D eigenvalue weighted by atomic mass is 32.1. The molecule has 0 spiro atoms. The molecule has 0 N–H and O–H groups in total. The van der Waals surface area contributed by atoms with Crippen LogP contribution in [-0.2, 0) is 6.42 Å².